The predicted octanol–water partition coefficient (Wildman–Crippen LogP) is 9.63. The van der Waals surface area contributed by atoms with Crippen LogP contribution in [0.3, 0.4) is 0 Å². The molecule has 0 spiro atoms. The van der Waals surface area contributed by atoms with E-state index in [9.17, 15) is 14.4 Å². The Balaban J connectivity index is 1.56. The van der Waals surface area contributed by atoms with Gasteiger partial charge in [0.25, 0.3) is 0 Å². The van der Waals surface area contributed by atoms with Crippen LogP contribution in [0.25, 0.3) is 0 Å². The van der Waals surface area contributed by atoms with E-state index in [1.54, 1.807) is 60.7 Å². The zero-order valence-corrected chi connectivity index (χ0v) is 27.5. The summed E-state index contributed by atoms with van der Waals surface area (Å²) in [5.41, 5.74) is 5.13. The minimum Gasteiger partial charge on any atom is -0.462 e. The molecule has 6 heteroatoms. The first-order valence-electron chi connectivity index (χ1n) is 16.3. The maximum Gasteiger partial charge on any atom is 0.343 e. The van der Waals surface area contributed by atoms with Crippen molar-refractivity contribution >= 4 is 17.9 Å². The fourth-order valence-electron chi connectivity index (χ4n) is 6.35. The molecule has 0 heterocycles. The number of carbonyl (C=O) groups is 3. The highest BCUT2D eigenvalue weighted by Gasteiger charge is 2.36. The number of esters is 3. The van der Waals surface area contributed by atoms with E-state index in [1.165, 1.54) is 5.57 Å². The first-order valence-corrected chi connectivity index (χ1v) is 16.3. The maximum absolute atomic E-state index is 13.5. The highest BCUT2D eigenvalue weighted by Crippen LogP contribution is 2.51. The van der Waals surface area contributed by atoms with Crippen molar-refractivity contribution in [3.63, 3.8) is 0 Å². The van der Waals surface area contributed by atoms with Crippen LogP contribution in [0.2, 0.25) is 0 Å². The molecule has 1 aliphatic carbocycles. The fraction of sp³-hybridized carbons (Fsp3) is 0.293. The van der Waals surface area contributed by atoms with Gasteiger partial charge in [-0.25, -0.2) is 14.4 Å². The van der Waals surface area contributed by atoms with Crippen LogP contribution in [-0.2, 0) is 4.74 Å². The highest BCUT2D eigenvalue weighted by molar-refractivity contribution is 5.94. The summed E-state index contributed by atoms with van der Waals surface area (Å²) in [5.74, 6) is -0.814. The van der Waals surface area contributed by atoms with Crippen molar-refractivity contribution in [3.05, 3.63) is 142 Å². The van der Waals surface area contributed by atoms with Gasteiger partial charge in [-0.1, -0.05) is 79.2 Å². The second-order valence-electron chi connectivity index (χ2n) is 12.5. The Morgan fingerprint density at radius 3 is 1.79 bits per heavy atom. The first kappa shape index (κ1) is 33.4. The molecule has 1 aliphatic rings. The van der Waals surface area contributed by atoms with E-state index in [1.807, 2.05) is 37.3 Å². The molecule has 0 aliphatic heterocycles. The van der Waals surface area contributed by atoms with Crippen LogP contribution in [0.4, 0.5) is 0 Å². The standard InChI is InChI=1S/C41H42O6/c1-27(2)15-14-22-33(26-45-39(42)30-16-8-5-9-17-30)34-24-23-28(3)36-35(34)25-29(4)37(46-40(43)31-18-10-6-11-19-31)38(36)47-41(44)32-20-12-7-13-21-32/h5-13,15-21,25,28,33-34H,14,22-24,26H2,1-4H3/t28-,33-,34+/m1/s1. The van der Waals surface area contributed by atoms with Crippen LogP contribution < -0.4 is 9.47 Å². The molecule has 0 bridgehead atoms. The number of fused-ring (bicyclic) bond motifs is 1. The van der Waals surface area contributed by atoms with E-state index in [2.05, 4.69) is 32.9 Å². The molecule has 4 aromatic carbocycles. The summed E-state index contributed by atoms with van der Waals surface area (Å²) in [6, 6.07) is 28.7. The Morgan fingerprint density at radius 2 is 1.26 bits per heavy atom. The number of carbonyl (C=O) groups excluding carboxylic acids is 3. The van der Waals surface area contributed by atoms with Gasteiger partial charge in [-0.3, -0.25) is 0 Å². The second kappa shape index (κ2) is 15.5. The Morgan fingerprint density at radius 1 is 0.745 bits per heavy atom. The van der Waals surface area contributed by atoms with Crippen molar-refractivity contribution in [1.29, 1.82) is 0 Å². The Labute approximate surface area is 277 Å². The Hall–Kier alpha value is -4.97. The lowest BCUT2D eigenvalue weighted by Crippen LogP contribution is -2.26. The molecule has 6 nitrogen and oxygen atoms in total. The molecular weight excluding hydrogens is 588 g/mol. The molecule has 4 aromatic rings. The van der Waals surface area contributed by atoms with Crippen LogP contribution in [0.15, 0.2) is 109 Å². The molecular formula is C41H42O6. The number of ether oxygens (including phenoxy) is 3. The number of hydrogen-bond acceptors (Lipinski definition) is 6. The van der Waals surface area contributed by atoms with Crippen molar-refractivity contribution in [3.8, 4) is 11.5 Å². The molecule has 3 atom stereocenters. The van der Waals surface area contributed by atoms with Crippen molar-refractivity contribution in [2.75, 3.05) is 6.61 Å². The molecule has 5 rings (SSSR count). The number of hydrogen-bond donors (Lipinski definition) is 0. The van der Waals surface area contributed by atoms with E-state index in [4.69, 9.17) is 14.2 Å². The summed E-state index contributed by atoms with van der Waals surface area (Å²) in [5, 5.41) is 0. The summed E-state index contributed by atoms with van der Waals surface area (Å²) in [6.07, 6.45) is 5.58. The van der Waals surface area contributed by atoms with Crippen LogP contribution in [-0.4, -0.2) is 24.5 Å². The molecule has 0 saturated carbocycles. The normalized spacial score (nSPS) is 15.9. The number of benzene rings is 4. The van der Waals surface area contributed by atoms with Crippen molar-refractivity contribution in [1.82, 2.24) is 0 Å². The number of rotatable bonds is 11. The minimum absolute atomic E-state index is 0.0132. The first-order chi connectivity index (χ1) is 22.7. The summed E-state index contributed by atoms with van der Waals surface area (Å²) >= 11 is 0. The molecule has 0 radical (unpaired) electrons. The third-order valence-electron chi connectivity index (χ3n) is 8.80. The highest BCUT2D eigenvalue weighted by atomic mass is 16.6. The molecule has 0 aromatic heterocycles. The predicted molar refractivity (Wildman–Crippen MR) is 183 cm³/mol. The lowest BCUT2D eigenvalue weighted by Gasteiger charge is -2.36. The monoisotopic (exact) mass is 630 g/mol. The number of aryl methyl sites for hydroxylation is 1. The molecule has 0 saturated heterocycles. The summed E-state index contributed by atoms with van der Waals surface area (Å²) in [7, 11) is 0. The second-order valence-corrected chi connectivity index (χ2v) is 12.5. The molecule has 0 N–H and O–H groups in total. The van der Waals surface area contributed by atoms with Crippen LogP contribution >= 0.6 is 0 Å². The third kappa shape index (κ3) is 8.25. The minimum atomic E-state index is -0.530. The largest absolute Gasteiger partial charge is 0.462 e. The average Bonchev–Trinajstić information content (AvgIpc) is 3.08. The van der Waals surface area contributed by atoms with Gasteiger partial charge in [0, 0.05) is 11.5 Å². The Bertz CT molecular complexity index is 1720. The van der Waals surface area contributed by atoms with E-state index in [0.29, 0.717) is 22.3 Å². The molecule has 0 unspecified atom stereocenters. The van der Waals surface area contributed by atoms with Crippen LogP contribution in [0.1, 0.15) is 106 Å². The summed E-state index contributed by atoms with van der Waals surface area (Å²) < 4.78 is 18.2. The van der Waals surface area contributed by atoms with Gasteiger partial charge in [0.2, 0.25) is 0 Å². The maximum atomic E-state index is 13.5. The van der Waals surface area contributed by atoms with Crippen molar-refractivity contribution < 1.29 is 28.6 Å². The van der Waals surface area contributed by atoms with E-state index in [-0.39, 0.29) is 41.8 Å². The van der Waals surface area contributed by atoms with E-state index < -0.39 is 11.9 Å². The van der Waals surface area contributed by atoms with Crippen molar-refractivity contribution in [2.24, 2.45) is 5.92 Å². The van der Waals surface area contributed by atoms with Gasteiger partial charge in [0.05, 0.1) is 23.3 Å². The van der Waals surface area contributed by atoms with E-state index >= 15 is 0 Å². The zero-order valence-electron chi connectivity index (χ0n) is 27.5. The molecule has 242 valence electrons. The number of allylic oxidation sites excluding steroid dienone is 2. The van der Waals surface area contributed by atoms with Gasteiger partial charge in [0.15, 0.2) is 11.5 Å². The van der Waals surface area contributed by atoms with Gasteiger partial charge in [-0.15, -0.1) is 0 Å². The third-order valence-corrected chi connectivity index (χ3v) is 8.80. The van der Waals surface area contributed by atoms with Crippen LogP contribution in [0.5, 0.6) is 11.5 Å². The SMILES string of the molecule is CC(C)=CCC[C@H](COC(=O)c1ccccc1)[C@@H]1CC[C@@H](C)c2c1cc(C)c(OC(=O)c1ccccc1)c2OC(=O)c1ccccc1. The van der Waals surface area contributed by atoms with Gasteiger partial charge < -0.3 is 14.2 Å². The molecule has 0 amide bonds. The molecule has 47 heavy (non-hydrogen) atoms. The van der Waals surface area contributed by atoms with Gasteiger partial charge in [0.1, 0.15) is 0 Å². The quantitative estimate of drug-likeness (QED) is 0.0933. The summed E-state index contributed by atoms with van der Waals surface area (Å²) in [6.45, 7) is 8.40. The summed E-state index contributed by atoms with van der Waals surface area (Å²) in [4.78, 5) is 39.9. The van der Waals surface area contributed by atoms with Gasteiger partial charge in [-0.05, 0) is 106 Å². The van der Waals surface area contributed by atoms with Gasteiger partial charge in [-0.2, -0.15) is 0 Å². The van der Waals surface area contributed by atoms with E-state index in [0.717, 1.165) is 36.8 Å². The average molecular weight is 631 g/mol. The zero-order chi connectivity index (χ0) is 33.3. The van der Waals surface area contributed by atoms with Crippen LogP contribution in [0, 0.1) is 12.8 Å². The fourth-order valence-corrected chi connectivity index (χ4v) is 6.35. The smallest absolute Gasteiger partial charge is 0.343 e. The Kier molecular flexibility index (Phi) is 11.0. The van der Waals surface area contributed by atoms with Gasteiger partial charge >= 0.3 is 17.9 Å². The lowest BCUT2D eigenvalue weighted by molar-refractivity contribution is 0.0403. The topological polar surface area (TPSA) is 78.9 Å². The lowest BCUT2D eigenvalue weighted by atomic mass is 9.70. The van der Waals surface area contributed by atoms with Crippen molar-refractivity contribution in [2.45, 2.75) is 65.2 Å². The molecule has 0 fully saturated rings.